The van der Waals surface area contributed by atoms with Crippen LogP contribution in [0.4, 0.5) is 0 Å². The first kappa shape index (κ1) is 17.5. The molecule has 1 aromatic rings. The first-order valence-corrected chi connectivity index (χ1v) is 11.0. The Morgan fingerprint density at radius 3 is 2.36 bits per heavy atom. The number of aliphatic hydroxyl groups excluding tert-OH is 1. The third-order valence-electron chi connectivity index (χ3n) is 5.59. The fourth-order valence-corrected chi connectivity index (χ4v) is 5.59. The molecule has 0 bridgehead atoms. The average molecular weight is 369 g/mol. The highest BCUT2D eigenvalue weighted by Gasteiger charge is 2.35. The summed E-state index contributed by atoms with van der Waals surface area (Å²) in [7, 11) is -3.43. The molecule has 1 aromatic heterocycles. The summed E-state index contributed by atoms with van der Waals surface area (Å²) in [6.07, 6.45) is 6.47. The molecule has 2 aliphatic heterocycles. The molecule has 0 spiro atoms. The van der Waals surface area contributed by atoms with Crippen molar-refractivity contribution < 1.29 is 13.5 Å². The quantitative estimate of drug-likeness (QED) is 0.876. The highest BCUT2D eigenvalue weighted by atomic mass is 32.2. The van der Waals surface area contributed by atoms with Crippen LogP contribution in [0.3, 0.4) is 0 Å². The summed E-state index contributed by atoms with van der Waals surface area (Å²) in [4.78, 5) is 0. The second-order valence-corrected chi connectivity index (χ2v) is 9.50. The Hall–Kier alpha value is -0.960. The third kappa shape index (κ3) is 3.63. The van der Waals surface area contributed by atoms with Crippen molar-refractivity contribution in [3.8, 4) is 0 Å². The van der Waals surface area contributed by atoms with Crippen molar-refractivity contribution in [2.75, 3.05) is 19.6 Å². The number of hydrogen-bond acceptors (Lipinski definition) is 4. The Balaban J connectivity index is 1.53. The van der Waals surface area contributed by atoms with Crippen LogP contribution in [0.25, 0.3) is 0 Å². The number of aromatic nitrogens is 2. The minimum atomic E-state index is -3.43. The Morgan fingerprint density at radius 2 is 1.68 bits per heavy atom. The maximum atomic E-state index is 13.1. The molecule has 140 valence electrons. The van der Waals surface area contributed by atoms with E-state index in [1.54, 1.807) is 8.61 Å². The molecule has 1 saturated carbocycles. The van der Waals surface area contributed by atoms with Crippen molar-refractivity contribution in [3.63, 3.8) is 0 Å². The Morgan fingerprint density at radius 1 is 1.00 bits per heavy atom. The van der Waals surface area contributed by atoms with E-state index in [-0.39, 0.29) is 0 Å². The number of aliphatic hydroxyl groups is 1. The van der Waals surface area contributed by atoms with Crippen LogP contribution in [0.1, 0.15) is 62.4 Å². The van der Waals surface area contributed by atoms with Gasteiger partial charge in [-0.2, -0.15) is 22.1 Å². The molecule has 8 heteroatoms. The zero-order chi connectivity index (χ0) is 17.4. The lowest BCUT2D eigenvalue weighted by molar-refractivity contribution is 0.148. The van der Waals surface area contributed by atoms with Crippen molar-refractivity contribution in [3.05, 3.63) is 17.5 Å². The number of nitrogens with zero attached hydrogens (tertiary/aromatic N) is 4. The van der Waals surface area contributed by atoms with Gasteiger partial charge in [-0.15, -0.1) is 0 Å². The van der Waals surface area contributed by atoms with Crippen molar-refractivity contribution in [1.29, 1.82) is 0 Å². The van der Waals surface area contributed by atoms with Crippen molar-refractivity contribution in [1.82, 2.24) is 18.4 Å². The van der Waals surface area contributed by atoms with E-state index >= 15 is 0 Å². The van der Waals surface area contributed by atoms with E-state index in [4.69, 9.17) is 0 Å². The molecule has 3 heterocycles. The molecule has 1 atom stereocenters. The standard InChI is InChI=1S/C17H28N4O3S/c22-17(14-6-7-14)16-12-15-13-20(10-5-11-21(15)18-16)25(23,24)19-8-3-1-2-4-9-19/h12,14,17,22H,1-11,13H2/t17-/m1/s1. The Bertz CT molecular complexity index is 705. The van der Waals surface area contributed by atoms with Crippen molar-refractivity contribution in [2.45, 2.75) is 64.1 Å². The van der Waals surface area contributed by atoms with Crippen molar-refractivity contribution in [2.24, 2.45) is 5.92 Å². The first-order chi connectivity index (χ1) is 12.1. The summed E-state index contributed by atoms with van der Waals surface area (Å²) in [5, 5.41) is 14.9. The van der Waals surface area contributed by atoms with E-state index in [0.29, 0.717) is 44.3 Å². The van der Waals surface area contributed by atoms with Gasteiger partial charge in [0.2, 0.25) is 0 Å². The van der Waals surface area contributed by atoms with Crippen molar-refractivity contribution >= 4 is 10.2 Å². The van der Waals surface area contributed by atoms with E-state index < -0.39 is 16.3 Å². The third-order valence-corrected chi connectivity index (χ3v) is 7.57. The maximum Gasteiger partial charge on any atom is 0.282 e. The highest BCUT2D eigenvalue weighted by Crippen LogP contribution is 2.40. The zero-order valence-corrected chi connectivity index (χ0v) is 15.5. The summed E-state index contributed by atoms with van der Waals surface area (Å²) in [6.45, 7) is 2.85. The molecule has 0 unspecified atom stereocenters. The fourth-order valence-electron chi connectivity index (χ4n) is 3.89. The van der Waals surface area contributed by atoms with Gasteiger partial charge < -0.3 is 5.11 Å². The number of hydrogen-bond donors (Lipinski definition) is 1. The average Bonchev–Trinajstić information content (AvgIpc) is 3.41. The lowest BCUT2D eigenvalue weighted by Gasteiger charge is -2.28. The fraction of sp³-hybridized carbons (Fsp3) is 0.824. The minimum Gasteiger partial charge on any atom is -0.386 e. The first-order valence-electron chi connectivity index (χ1n) is 9.55. The van der Waals surface area contributed by atoms with E-state index in [0.717, 1.165) is 50.6 Å². The van der Waals surface area contributed by atoms with E-state index in [9.17, 15) is 13.5 Å². The van der Waals surface area contributed by atoms with Gasteiger partial charge in [-0.05, 0) is 44.1 Å². The van der Waals surface area contributed by atoms with Crippen LogP contribution in [-0.2, 0) is 23.3 Å². The zero-order valence-electron chi connectivity index (χ0n) is 14.7. The Kier molecular flexibility index (Phi) is 4.87. The van der Waals surface area contributed by atoms with E-state index in [1.807, 2.05) is 10.7 Å². The van der Waals surface area contributed by atoms with Gasteiger partial charge >= 0.3 is 0 Å². The topological polar surface area (TPSA) is 78.7 Å². The van der Waals surface area contributed by atoms with Crippen LogP contribution in [0, 0.1) is 5.92 Å². The lowest BCUT2D eigenvalue weighted by Crippen LogP contribution is -2.44. The second kappa shape index (κ2) is 6.98. The van der Waals surface area contributed by atoms with E-state index in [2.05, 4.69) is 5.10 Å². The van der Waals surface area contributed by atoms with Crippen LogP contribution >= 0.6 is 0 Å². The number of aryl methyl sites for hydroxylation is 1. The van der Waals surface area contributed by atoms with Crippen LogP contribution in [0.5, 0.6) is 0 Å². The van der Waals surface area contributed by atoms with Gasteiger partial charge in [-0.1, -0.05) is 12.8 Å². The summed E-state index contributed by atoms with van der Waals surface area (Å²) >= 11 is 0. The molecular weight excluding hydrogens is 340 g/mol. The largest absolute Gasteiger partial charge is 0.386 e. The molecular formula is C17H28N4O3S. The van der Waals surface area contributed by atoms with Gasteiger partial charge in [0, 0.05) is 26.2 Å². The molecule has 0 amide bonds. The van der Waals surface area contributed by atoms with Gasteiger partial charge in [0.1, 0.15) is 6.10 Å². The predicted octanol–water partition coefficient (Wildman–Crippen LogP) is 1.65. The molecule has 25 heavy (non-hydrogen) atoms. The van der Waals surface area contributed by atoms with Crippen LogP contribution in [0.2, 0.25) is 0 Å². The molecule has 3 aliphatic rings. The molecule has 1 saturated heterocycles. The Labute approximate surface area is 149 Å². The molecule has 0 aromatic carbocycles. The van der Waals surface area contributed by atoms with Crippen LogP contribution in [-0.4, -0.2) is 51.5 Å². The predicted molar refractivity (Wildman–Crippen MR) is 93.9 cm³/mol. The summed E-state index contributed by atoms with van der Waals surface area (Å²) in [5.41, 5.74) is 1.59. The van der Waals surface area contributed by atoms with Gasteiger partial charge in [0.25, 0.3) is 10.2 Å². The molecule has 4 rings (SSSR count). The summed E-state index contributed by atoms with van der Waals surface area (Å²) < 4.78 is 31.3. The van der Waals surface area contributed by atoms with Crippen LogP contribution < -0.4 is 0 Å². The SMILES string of the molecule is O=S(=O)(N1CCCCCC1)N1CCCn2nc([C@H](O)C3CC3)cc2C1. The van der Waals surface area contributed by atoms with Crippen LogP contribution in [0.15, 0.2) is 6.07 Å². The van der Waals surface area contributed by atoms with Gasteiger partial charge in [-0.3, -0.25) is 4.68 Å². The monoisotopic (exact) mass is 368 g/mol. The molecule has 7 nitrogen and oxygen atoms in total. The minimum absolute atomic E-state index is 0.330. The molecule has 2 fully saturated rings. The van der Waals surface area contributed by atoms with Gasteiger partial charge in [0.05, 0.1) is 17.9 Å². The smallest absolute Gasteiger partial charge is 0.282 e. The summed E-state index contributed by atoms with van der Waals surface area (Å²) in [5.74, 6) is 0.330. The molecule has 1 aliphatic carbocycles. The lowest BCUT2D eigenvalue weighted by atomic mass is 10.1. The normalized spacial score (nSPS) is 25.2. The summed E-state index contributed by atoms with van der Waals surface area (Å²) in [6, 6.07) is 1.90. The van der Waals surface area contributed by atoms with E-state index in [1.165, 1.54) is 0 Å². The molecule has 0 radical (unpaired) electrons. The number of fused-ring (bicyclic) bond motifs is 1. The van der Waals surface area contributed by atoms with Gasteiger partial charge in [0.15, 0.2) is 0 Å². The second-order valence-electron chi connectivity index (χ2n) is 7.57. The molecule has 1 N–H and O–H groups in total. The maximum absolute atomic E-state index is 13.1. The number of rotatable bonds is 4. The highest BCUT2D eigenvalue weighted by molar-refractivity contribution is 7.86. The van der Waals surface area contributed by atoms with Gasteiger partial charge in [-0.25, -0.2) is 0 Å².